The first-order chi connectivity index (χ1) is 9.83. The van der Waals surface area contributed by atoms with E-state index in [2.05, 4.69) is 36.6 Å². The lowest BCUT2D eigenvalue weighted by atomic mass is 10.2. The lowest BCUT2D eigenvalue weighted by Crippen LogP contribution is -2.14. The van der Waals surface area contributed by atoms with Gasteiger partial charge in [-0.25, -0.2) is 12.8 Å². The molecule has 2 aromatic carbocycles. The third kappa shape index (κ3) is 3.82. The van der Waals surface area contributed by atoms with Crippen molar-refractivity contribution in [2.24, 2.45) is 5.73 Å². The van der Waals surface area contributed by atoms with E-state index in [4.69, 9.17) is 5.73 Å². The molecule has 8 heteroatoms. The van der Waals surface area contributed by atoms with Crippen LogP contribution in [0.15, 0.2) is 50.2 Å². The highest BCUT2D eigenvalue weighted by Gasteiger charge is 2.18. The lowest BCUT2D eigenvalue weighted by molar-refractivity contribution is 0.600. The SMILES string of the molecule is NCc1ccc(Br)c(S(=O)(=O)Nc2ccc(F)c(Br)c2)c1. The van der Waals surface area contributed by atoms with Gasteiger partial charge < -0.3 is 5.73 Å². The average Bonchev–Trinajstić information content (AvgIpc) is 2.43. The van der Waals surface area contributed by atoms with Gasteiger partial charge in [0, 0.05) is 11.0 Å². The minimum absolute atomic E-state index is 0.0749. The summed E-state index contributed by atoms with van der Waals surface area (Å²) in [5, 5.41) is 0. The number of anilines is 1. The molecule has 0 aliphatic rings. The van der Waals surface area contributed by atoms with Crippen LogP contribution >= 0.6 is 31.9 Å². The summed E-state index contributed by atoms with van der Waals surface area (Å²) in [6.45, 7) is 0.234. The number of sulfonamides is 1. The normalized spacial score (nSPS) is 11.4. The number of benzene rings is 2. The zero-order chi connectivity index (χ0) is 15.6. The molecule has 4 nitrogen and oxygen atoms in total. The highest BCUT2D eigenvalue weighted by molar-refractivity contribution is 9.10. The Morgan fingerprint density at radius 3 is 2.43 bits per heavy atom. The molecule has 0 unspecified atom stereocenters. The van der Waals surface area contributed by atoms with Gasteiger partial charge in [0.25, 0.3) is 10.0 Å². The van der Waals surface area contributed by atoms with E-state index < -0.39 is 15.8 Å². The van der Waals surface area contributed by atoms with Crippen LogP contribution in [0.3, 0.4) is 0 Å². The molecular formula is C13H11Br2FN2O2S. The Morgan fingerprint density at radius 1 is 1.10 bits per heavy atom. The summed E-state index contributed by atoms with van der Waals surface area (Å²) in [7, 11) is -3.80. The number of hydrogen-bond donors (Lipinski definition) is 2. The third-order valence-corrected chi connectivity index (χ3v) is 5.68. The van der Waals surface area contributed by atoms with Crippen molar-refractivity contribution < 1.29 is 12.8 Å². The van der Waals surface area contributed by atoms with Crippen LogP contribution in [-0.4, -0.2) is 8.42 Å². The van der Waals surface area contributed by atoms with Crippen molar-refractivity contribution in [1.29, 1.82) is 0 Å². The van der Waals surface area contributed by atoms with Gasteiger partial charge in [-0.1, -0.05) is 6.07 Å². The maximum atomic E-state index is 13.2. The molecule has 0 aliphatic heterocycles. The summed E-state index contributed by atoms with van der Waals surface area (Å²) >= 11 is 6.22. The van der Waals surface area contributed by atoms with Gasteiger partial charge in [0.1, 0.15) is 10.7 Å². The molecular weight excluding hydrogens is 427 g/mol. The Balaban J connectivity index is 2.40. The lowest BCUT2D eigenvalue weighted by Gasteiger charge is -2.11. The van der Waals surface area contributed by atoms with Gasteiger partial charge in [-0.2, -0.15) is 0 Å². The van der Waals surface area contributed by atoms with Crippen molar-refractivity contribution in [1.82, 2.24) is 0 Å². The molecule has 0 saturated heterocycles. The second-order valence-electron chi connectivity index (χ2n) is 4.20. The summed E-state index contributed by atoms with van der Waals surface area (Å²) in [5.74, 6) is -0.468. The van der Waals surface area contributed by atoms with Crippen LogP contribution in [0.5, 0.6) is 0 Å². The maximum Gasteiger partial charge on any atom is 0.263 e. The van der Waals surface area contributed by atoms with Crippen LogP contribution in [-0.2, 0) is 16.6 Å². The zero-order valence-electron chi connectivity index (χ0n) is 10.6. The smallest absolute Gasteiger partial charge is 0.263 e. The van der Waals surface area contributed by atoms with E-state index in [9.17, 15) is 12.8 Å². The quantitative estimate of drug-likeness (QED) is 0.767. The Hall–Kier alpha value is -0.960. The monoisotopic (exact) mass is 436 g/mol. The molecule has 21 heavy (non-hydrogen) atoms. The first-order valence-electron chi connectivity index (χ1n) is 5.80. The largest absolute Gasteiger partial charge is 0.326 e. The predicted molar refractivity (Wildman–Crippen MR) is 86.9 cm³/mol. The number of halogens is 3. The minimum atomic E-state index is -3.80. The van der Waals surface area contributed by atoms with Crippen molar-refractivity contribution in [3.05, 3.63) is 56.7 Å². The van der Waals surface area contributed by atoms with Gasteiger partial charge in [-0.3, -0.25) is 4.72 Å². The van der Waals surface area contributed by atoms with Crippen LogP contribution in [0.4, 0.5) is 10.1 Å². The summed E-state index contributed by atoms with van der Waals surface area (Å²) in [6, 6.07) is 8.72. The number of hydrogen-bond acceptors (Lipinski definition) is 3. The first-order valence-corrected chi connectivity index (χ1v) is 8.87. The fraction of sp³-hybridized carbons (Fsp3) is 0.0769. The van der Waals surface area contributed by atoms with Gasteiger partial charge in [-0.05, 0) is 67.8 Å². The highest BCUT2D eigenvalue weighted by Crippen LogP contribution is 2.27. The van der Waals surface area contributed by atoms with Gasteiger partial charge >= 0.3 is 0 Å². The standard InChI is InChI=1S/C13H11Br2FN2O2S/c14-10-3-1-8(7-17)5-13(10)21(19,20)18-9-2-4-12(16)11(15)6-9/h1-6,18H,7,17H2. The van der Waals surface area contributed by atoms with Crippen molar-refractivity contribution in [3.8, 4) is 0 Å². The second kappa shape index (κ2) is 6.43. The van der Waals surface area contributed by atoms with E-state index in [1.54, 1.807) is 12.1 Å². The van der Waals surface area contributed by atoms with Crippen molar-refractivity contribution >= 4 is 47.6 Å². The molecule has 0 atom stereocenters. The molecule has 2 aromatic rings. The number of rotatable bonds is 4. The molecule has 0 aromatic heterocycles. The van der Waals surface area contributed by atoms with Crippen molar-refractivity contribution in [2.45, 2.75) is 11.4 Å². The van der Waals surface area contributed by atoms with Crippen LogP contribution in [0.1, 0.15) is 5.56 Å². The number of nitrogens with one attached hydrogen (secondary N) is 1. The molecule has 112 valence electrons. The fourth-order valence-corrected chi connectivity index (χ4v) is 4.09. The molecule has 3 N–H and O–H groups in total. The molecule has 0 aliphatic carbocycles. The van der Waals surface area contributed by atoms with Crippen LogP contribution < -0.4 is 10.5 Å². The molecule has 0 amide bonds. The molecule has 0 heterocycles. The fourth-order valence-electron chi connectivity index (χ4n) is 1.65. The van der Waals surface area contributed by atoms with Crippen LogP contribution in [0, 0.1) is 5.82 Å². The van der Waals surface area contributed by atoms with Gasteiger partial charge in [0.05, 0.1) is 10.2 Å². The molecule has 0 radical (unpaired) electrons. The van der Waals surface area contributed by atoms with Crippen molar-refractivity contribution in [3.63, 3.8) is 0 Å². The van der Waals surface area contributed by atoms with E-state index in [0.717, 1.165) is 0 Å². The van der Waals surface area contributed by atoms with E-state index in [-0.39, 0.29) is 21.6 Å². The predicted octanol–water partition coefficient (Wildman–Crippen LogP) is 3.61. The Labute approximate surface area is 138 Å². The van der Waals surface area contributed by atoms with Gasteiger partial charge in [0.2, 0.25) is 0 Å². The molecule has 2 rings (SSSR count). The molecule has 0 spiro atoms. The minimum Gasteiger partial charge on any atom is -0.326 e. The van der Waals surface area contributed by atoms with Gasteiger partial charge in [0.15, 0.2) is 0 Å². The maximum absolute atomic E-state index is 13.2. The van der Waals surface area contributed by atoms with E-state index in [1.807, 2.05) is 0 Å². The second-order valence-corrected chi connectivity index (χ2v) is 7.56. The number of nitrogens with two attached hydrogens (primary N) is 1. The van der Waals surface area contributed by atoms with E-state index in [1.165, 1.54) is 24.3 Å². The summed E-state index contributed by atoms with van der Waals surface area (Å²) in [6.07, 6.45) is 0. The molecule has 0 saturated carbocycles. The summed E-state index contributed by atoms with van der Waals surface area (Å²) in [4.78, 5) is 0.0749. The summed E-state index contributed by atoms with van der Waals surface area (Å²) in [5.41, 5.74) is 6.47. The van der Waals surface area contributed by atoms with Crippen LogP contribution in [0.2, 0.25) is 0 Å². The Kier molecular flexibility index (Phi) is 5.03. The zero-order valence-corrected chi connectivity index (χ0v) is 14.6. The molecule has 0 fully saturated rings. The highest BCUT2D eigenvalue weighted by atomic mass is 79.9. The van der Waals surface area contributed by atoms with Crippen molar-refractivity contribution in [2.75, 3.05) is 4.72 Å². The van der Waals surface area contributed by atoms with Crippen LogP contribution in [0.25, 0.3) is 0 Å². The average molecular weight is 438 g/mol. The Morgan fingerprint density at radius 2 is 1.81 bits per heavy atom. The summed E-state index contributed by atoms with van der Waals surface area (Å²) < 4.78 is 41.0. The first kappa shape index (κ1) is 16.4. The Bertz CT molecular complexity index is 782. The van der Waals surface area contributed by atoms with E-state index >= 15 is 0 Å². The third-order valence-electron chi connectivity index (χ3n) is 2.69. The topological polar surface area (TPSA) is 72.2 Å². The van der Waals surface area contributed by atoms with Gasteiger partial charge in [-0.15, -0.1) is 0 Å². The molecule has 0 bridgehead atoms. The van der Waals surface area contributed by atoms with E-state index in [0.29, 0.717) is 10.0 Å².